The Morgan fingerprint density at radius 1 is 1.31 bits per heavy atom. The van der Waals surface area contributed by atoms with Crippen LogP contribution in [-0.4, -0.2) is 29.9 Å². The highest BCUT2D eigenvalue weighted by Crippen LogP contribution is 2.36. The molecule has 1 aromatic rings. The van der Waals surface area contributed by atoms with Crippen LogP contribution in [0.4, 0.5) is 0 Å². The Morgan fingerprint density at radius 2 is 2.19 bits per heavy atom. The highest BCUT2D eigenvalue weighted by molar-refractivity contribution is 9.09. The Balaban J connectivity index is 1.59. The average Bonchev–Trinajstić information content (AvgIpc) is 2.74. The number of halogens is 1. The first-order chi connectivity index (χ1) is 7.86. The summed E-state index contributed by atoms with van der Waals surface area (Å²) in [6.45, 7) is 3.87. The van der Waals surface area contributed by atoms with Crippen molar-refractivity contribution in [3.63, 3.8) is 0 Å². The second-order valence-electron chi connectivity index (χ2n) is 5.17. The van der Waals surface area contributed by atoms with E-state index in [4.69, 9.17) is 0 Å². The molecule has 1 aliphatic heterocycles. The summed E-state index contributed by atoms with van der Waals surface area (Å²) in [7, 11) is 0. The molecule has 1 aromatic carbocycles. The number of alkyl halides is 1. The topological polar surface area (TPSA) is 3.24 Å². The average molecular weight is 280 g/mol. The predicted octanol–water partition coefficient (Wildman–Crippen LogP) is 3.04. The molecule has 1 nitrogen and oxygen atoms in total. The van der Waals surface area contributed by atoms with Crippen molar-refractivity contribution in [1.29, 1.82) is 0 Å². The minimum atomic E-state index is 0.810. The lowest BCUT2D eigenvalue weighted by Crippen LogP contribution is -2.32. The van der Waals surface area contributed by atoms with Crippen LogP contribution in [-0.2, 0) is 6.42 Å². The van der Waals surface area contributed by atoms with Crippen LogP contribution >= 0.6 is 15.9 Å². The molecule has 2 unspecified atom stereocenters. The van der Waals surface area contributed by atoms with Gasteiger partial charge < -0.3 is 4.90 Å². The van der Waals surface area contributed by atoms with E-state index in [1.165, 1.54) is 37.8 Å². The third-order valence-corrected chi connectivity index (χ3v) is 4.94. The summed E-state index contributed by atoms with van der Waals surface area (Å²) >= 11 is 3.60. The van der Waals surface area contributed by atoms with Crippen LogP contribution in [0.1, 0.15) is 23.5 Å². The number of hydrogen-bond donors (Lipinski definition) is 0. The quantitative estimate of drug-likeness (QED) is 0.769. The molecule has 1 heterocycles. The number of fused-ring (bicyclic) bond motifs is 1. The number of nitrogens with zero attached hydrogens (tertiary/aromatic N) is 1. The molecule has 16 heavy (non-hydrogen) atoms. The Morgan fingerprint density at radius 3 is 2.94 bits per heavy atom. The zero-order valence-electron chi connectivity index (χ0n) is 9.53. The molecule has 2 atom stereocenters. The first kappa shape index (κ1) is 10.8. The van der Waals surface area contributed by atoms with Gasteiger partial charge in [-0.15, -0.1) is 0 Å². The van der Waals surface area contributed by atoms with Gasteiger partial charge in [0.2, 0.25) is 0 Å². The molecule has 86 valence electrons. The van der Waals surface area contributed by atoms with E-state index in [0.29, 0.717) is 0 Å². The van der Waals surface area contributed by atoms with Gasteiger partial charge in [-0.2, -0.15) is 0 Å². The summed E-state index contributed by atoms with van der Waals surface area (Å²) in [5.41, 5.74) is 3.17. The lowest BCUT2D eigenvalue weighted by Gasteiger charge is -2.33. The van der Waals surface area contributed by atoms with Crippen LogP contribution in [0.5, 0.6) is 0 Å². The van der Waals surface area contributed by atoms with E-state index in [-0.39, 0.29) is 0 Å². The monoisotopic (exact) mass is 279 g/mol. The van der Waals surface area contributed by atoms with Crippen LogP contribution in [0.3, 0.4) is 0 Å². The van der Waals surface area contributed by atoms with Crippen molar-refractivity contribution in [2.45, 2.75) is 18.8 Å². The van der Waals surface area contributed by atoms with Crippen LogP contribution in [0.25, 0.3) is 0 Å². The Labute approximate surface area is 106 Å². The molecule has 0 amide bonds. The molecular weight excluding hydrogens is 262 g/mol. The summed E-state index contributed by atoms with van der Waals surface area (Å²) < 4.78 is 0. The Hall–Kier alpha value is -0.340. The molecule has 0 spiro atoms. The molecule has 0 saturated carbocycles. The van der Waals surface area contributed by atoms with E-state index in [0.717, 1.165) is 11.8 Å². The molecule has 2 heteroatoms. The molecule has 2 aliphatic rings. The van der Waals surface area contributed by atoms with Crippen molar-refractivity contribution < 1.29 is 0 Å². The minimum Gasteiger partial charge on any atom is -0.302 e. The van der Waals surface area contributed by atoms with Gasteiger partial charge in [-0.3, -0.25) is 0 Å². The van der Waals surface area contributed by atoms with Gasteiger partial charge in [0, 0.05) is 24.3 Å². The second kappa shape index (κ2) is 4.50. The van der Waals surface area contributed by atoms with E-state index in [1.54, 1.807) is 11.1 Å². The number of benzene rings is 1. The van der Waals surface area contributed by atoms with Gasteiger partial charge in [0.15, 0.2) is 0 Å². The fraction of sp³-hybridized carbons (Fsp3) is 0.571. The molecule has 0 N–H and O–H groups in total. The number of hydrogen-bond acceptors (Lipinski definition) is 1. The molecule has 1 aliphatic carbocycles. The minimum absolute atomic E-state index is 0.810. The molecule has 1 saturated heterocycles. The summed E-state index contributed by atoms with van der Waals surface area (Å²) in [5, 5.41) is 1.17. The van der Waals surface area contributed by atoms with Crippen LogP contribution < -0.4 is 0 Å². The van der Waals surface area contributed by atoms with Gasteiger partial charge in [-0.05, 0) is 36.4 Å². The van der Waals surface area contributed by atoms with Crippen molar-refractivity contribution in [3.05, 3.63) is 35.4 Å². The summed E-state index contributed by atoms with van der Waals surface area (Å²) in [6.07, 6.45) is 2.67. The first-order valence-corrected chi connectivity index (χ1v) is 7.35. The van der Waals surface area contributed by atoms with Crippen LogP contribution in [0, 0.1) is 5.92 Å². The maximum atomic E-state index is 3.60. The van der Waals surface area contributed by atoms with Gasteiger partial charge in [0.25, 0.3) is 0 Å². The second-order valence-corrected chi connectivity index (χ2v) is 5.82. The molecular formula is C14H18BrN. The van der Waals surface area contributed by atoms with Crippen molar-refractivity contribution >= 4 is 15.9 Å². The number of rotatable bonds is 3. The highest BCUT2D eigenvalue weighted by atomic mass is 79.9. The predicted molar refractivity (Wildman–Crippen MR) is 71.2 cm³/mol. The standard InChI is InChI=1S/C14H18BrN/c15-8-11-5-6-16(9-11)10-13-7-12-3-1-2-4-14(12)13/h1-4,11,13H,5-10H2. The van der Waals surface area contributed by atoms with E-state index in [1.807, 2.05) is 0 Å². The van der Waals surface area contributed by atoms with Crippen molar-refractivity contribution in [2.75, 3.05) is 25.0 Å². The molecule has 0 radical (unpaired) electrons. The Bertz CT molecular complexity index is 377. The van der Waals surface area contributed by atoms with Gasteiger partial charge >= 0.3 is 0 Å². The Kier molecular flexibility index (Phi) is 3.03. The van der Waals surface area contributed by atoms with E-state index < -0.39 is 0 Å². The zero-order valence-corrected chi connectivity index (χ0v) is 11.1. The number of likely N-dealkylation sites (tertiary alicyclic amines) is 1. The highest BCUT2D eigenvalue weighted by Gasteiger charge is 2.30. The van der Waals surface area contributed by atoms with E-state index >= 15 is 0 Å². The lowest BCUT2D eigenvalue weighted by atomic mass is 9.77. The SMILES string of the molecule is BrCC1CCN(CC2Cc3ccccc32)C1. The summed E-state index contributed by atoms with van der Waals surface area (Å²) in [6, 6.07) is 8.92. The van der Waals surface area contributed by atoms with Gasteiger partial charge in [-0.1, -0.05) is 40.2 Å². The molecule has 0 bridgehead atoms. The van der Waals surface area contributed by atoms with Crippen molar-refractivity contribution in [1.82, 2.24) is 4.90 Å². The van der Waals surface area contributed by atoms with Gasteiger partial charge in [0.1, 0.15) is 0 Å². The molecule has 3 rings (SSSR count). The maximum Gasteiger partial charge on any atom is 0.00723 e. The van der Waals surface area contributed by atoms with E-state index in [9.17, 15) is 0 Å². The molecule has 0 aromatic heterocycles. The fourth-order valence-electron chi connectivity index (χ4n) is 3.04. The zero-order chi connectivity index (χ0) is 11.0. The third-order valence-electron chi connectivity index (χ3n) is 4.03. The lowest BCUT2D eigenvalue weighted by molar-refractivity contribution is 0.294. The van der Waals surface area contributed by atoms with Crippen molar-refractivity contribution in [3.8, 4) is 0 Å². The first-order valence-electron chi connectivity index (χ1n) is 6.23. The van der Waals surface area contributed by atoms with Gasteiger partial charge in [-0.25, -0.2) is 0 Å². The van der Waals surface area contributed by atoms with Crippen molar-refractivity contribution in [2.24, 2.45) is 5.92 Å². The van der Waals surface area contributed by atoms with E-state index in [2.05, 4.69) is 45.1 Å². The summed E-state index contributed by atoms with van der Waals surface area (Å²) in [4.78, 5) is 2.65. The van der Waals surface area contributed by atoms with Crippen LogP contribution in [0.15, 0.2) is 24.3 Å². The largest absolute Gasteiger partial charge is 0.302 e. The summed E-state index contributed by atoms with van der Waals surface area (Å²) in [5.74, 6) is 1.69. The van der Waals surface area contributed by atoms with Crippen LogP contribution in [0.2, 0.25) is 0 Å². The molecule has 1 fully saturated rings. The fourth-order valence-corrected chi connectivity index (χ4v) is 3.57. The third kappa shape index (κ3) is 1.93. The van der Waals surface area contributed by atoms with Gasteiger partial charge in [0.05, 0.1) is 0 Å². The smallest absolute Gasteiger partial charge is 0.00723 e. The maximum absolute atomic E-state index is 3.60. The normalized spacial score (nSPS) is 28.8.